The Kier molecular flexibility index (Phi) is 4.98. The van der Waals surface area contributed by atoms with Crippen LogP contribution in [0.4, 0.5) is 0 Å². The second-order valence-electron chi connectivity index (χ2n) is 7.39. The Bertz CT molecular complexity index is 910. The van der Waals surface area contributed by atoms with Gasteiger partial charge in [0.2, 0.25) is 0 Å². The van der Waals surface area contributed by atoms with Gasteiger partial charge in [-0.1, -0.05) is 24.3 Å². The van der Waals surface area contributed by atoms with E-state index in [9.17, 15) is 0 Å². The number of fused-ring (bicyclic) bond motifs is 3. The number of hydrogen-bond donors (Lipinski definition) is 2. The van der Waals surface area contributed by atoms with Crippen molar-refractivity contribution >= 4 is 10.9 Å². The van der Waals surface area contributed by atoms with Crippen LogP contribution in [0.5, 0.6) is 5.75 Å². The summed E-state index contributed by atoms with van der Waals surface area (Å²) in [4.78, 5) is 3.66. The predicted molar refractivity (Wildman–Crippen MR) is 108 cm³/mol. The first-order valence-electron chi connectivity index (χ1n) is 9.74. The van der Waals surface area contributed by atoms with Crippen LogP contribution in [0.25, 0.3) is 10.9 Å². The van der Waals surface area contributed by atoms with E-state index in [4.69, 9.17) is 4.74 Å². The number of aromatic amines is 1. The molecule has 2 aromatic carbocycles. The van der Waals surface area contributed by atoms with Gasteiger partial charge >= 0.3 is 0 Å². The van der Waals surface area contributed by atoms with E-state index in [2.05, 4.69) is 60.5 Å². The Balaban J connectivity index is 1.47. The zero-order chi connectivity index (χ0) is 17.9. The molecule has 0 atom stereocenters. The van der Waals surface area contributed by atoms with E-state index >= 15 is 0 Å². The Morgan fingerprint density at radius 1 is 1.04 bits per heavy atom. The molecule has 4 rings (SSSR count). The summed E-state index contributed by atoms with van der Waals surface area (Å²) in [5.41, 5.74) is 8.15. The normalized spacial score (nSPS) is 14.2. The van der Waals surface area contributed by atoms with Crippen molar-refractivity contribution in [3.8, 4) is 5.75 Å². The van der Waals surface area contributed by atoms with Crippen molar-refractivity contribution in [1.29, 1.82) is 0 Å². The van der Waals surface area contributed by atoms with Crippen LogP contribution in [0.1, 0.15) is 34.4 Å². The summed E-state index contributed by atoms with van der Waals surface area (Å²) in [6.45, 7) is 7.12. The number of rotatable bonds is 5. The van der Waals surface area contributed by atoms with Gasteiger partial charge in [0, 0.05) is 29.6 Å². The molecule has 0 unspecified atom stereocenters. The van der Waals surface area contributed by atoms with Crippen LogP contribution in [-0.4, -0.2) is 24.7 Å². The van der Waals surface area contributed by atoms with Crippen LogP contribution in [-0.2, 0) is 19.3 Å². The number of aryl methyl sites for hydroxylation is 3. The molecule has 2 heterocycles. The third-order valence-corrected chi connectivity index (χ3v) is 5.40. The third kappa shape index (κ3) is 3.49. The van der Waals surface area contributed by atoms with Crippen molar-refractivity contribution in [3.05, 3.63) is 64.3 Å². The lowest BCUT2D eigenvalue weighted by Crippen LogP contribution is -2.16. The molecule has 1 aliphatic heterocycles. The van der Waals surface area contributed by atoms with Gasteiger partial charge in [-0.25, -0.2) is 0 Å². The number of hydrogen-bond acceptors (Lipinski definition) is 2. The predicted octanol–water partition coefficient (Wildman–Crippen LogP) is 4.48. The fourth-order valence-electron chi connectivity index (χ4n) is 4.01. The minimum absolute atomic E-state index is 0.759. The number of ether oxygens (including phenoxy) is 1. The number of benzene rings is 2. The molecule has 0 aliphatic carbocycles. The molecule has 0 saturated carbocycles. The van der Waals surface area contributed by atoms with Crippen molar-refractivity contribution in [2.75, 3.05) is 19.7 Å². The van der Waals surface area contributed by atoms with Gasteiger partial charge in [-0.3, -0.25) is 0 Å². The van der Waals surface area contributed by atoms with Gasteiger partial charge in [-0.2, -0.15) is 0 Å². The average Bonchev–Trinajstić information content (AvgIpc) is 2.84. The van der Waals surface area contributed by atoms with Crippen molar-refractivity contribution < 1.29 is 4.74 Å². The first kappa shape index (κ1) is 17.2. The summed E-state index contributed by atoms with van der Waals surface area (Å²) in [7, 11) is 0. The molecule has 2 N–H and O–H groups in total. The summed E-state index contributed by atoms with van der Waals surface area (Å²) in [6.07, 6.45) is 4.30. The smallest absolute Gasteiger partial charge is 0.122 e. The molecular weight excluding hydrogens is 320 g/mol. The van der Waals surface area contributed by atoms with Crippen molar-refractivity contribution in [2.24, 2.45) is 0 Å². The molecule has 0 saturated heterocycles. The van der Waals surface area contributed by atoms with Crippen LogP contribution in [0, 0.1) is 13.8 Å². The molecule has 0 spiro atoms. The highest BCUT2D eigenvalue weighted by Gasteiger charge is 2.16. The quantitative estimate of drug-likeness (QED) is 0.667. The lowest BCUT2D eigenvalue weighted by Gasteiger charge is -2.11. The van der Waals surface area contributed by atoms with Crippen LogP contribution < -0.4 is 10.1 Å². The minimum Gasteiger partial charge on any atom is -0.493 e. The second kappa shape index (κ2) is 7.55. The summed E-state index contributed by atoms with van der Waals surface area (Å²) in [6, 6.07) is 13.1. The zero-order valence-electron chi connectivity index (χ0n) is 15.8. The first-order chi connectivity index (χ1) is 12.7. The summed E-state index contributed by atoms with van der Waals surface area (Å²) < 4.78 is 6.05. The molecule has 1 aliphatic rings. The van der Waals surface area contributed by atoms with E-state index in [0.29, 0.717) is 0 Å². The van der Waals surface area contributed by atoms with E-state index in [1.54, 1.807) is 0 Å². The molecule has 0 bridgehead atoms. The highest BCUT2D eigenvalue weighted by molar-refractivity contribution is 5.88. The van der Waals surface area contributed by atoms with Crippen molar-refractivity contribution in [1.82, 2.24) is 10.3 Å². The van der Waals surface area contributed by atoms with E-state index in [0.717, 1.165) is 51.1 Å². The molecule has 136 valence electrons. The number of aromatic nitrogens is 1. The molecule has 3 aromatic rings. The standard InChI is InChI=1S/C23H28N2O/c1-16-8-9-17(2)22(15-16)26-14-4-6-18-5-3-7-21-23(18)19-10-12-24-13-11-20(19)25-21/h3,5,7-9,15,24-25H,4,6,10-14H2,1-2H3. The van der Waals surface area contributed by atoms with Crippen LogP contribution in [0.3, 0.4) is 0 Å². The molecule has 0 fully saturated rings. The third-order valence-electron chi connectivity index (χ3n) is 5.40. The summed E-state index contributed by atoms with van der Waals surface area (Å²) in [5.74, 6) is 1.02. The lowest BCUT2D eigenvalue weighted by molar-refractivity contribution is 0.309. The molecular formula is C23H28N2O. The minimum atomic E-state index is 0.759. The Labute approximate surface area is 155 Å². The van der Waals surface area contributed by atoms with Gasteiger partial charge in [-0.05, 0) is 74.0 Å². The molecule has 1 aromatic heterocycles. The highest BCUT2D eigenvalue weighted by Crippen LogP contribution is 2.29. The van der Waals surface area contributed by atoms with Crippen molar-refractivity contribution in [2.45, 2.75) is 39.5 Å². The topological polar surface area (TPSA) is 37.0 Å². The largest absolute Gasteiger partial charge is 0.493 e. The van der Waals surface area contributed by atoms with Gasteiger partial charge in [0.25, 0.3) is 0 Å². The Hall–Kier alpha value is -2.26. The molecule has 0 amide bonds. The van der Waals surface area contributed by atoms with Gasteiger partial charge in [0.05, 0.1) is 6.61 Å². The van der Waals surface area contributed by atoms with E-state index < -0.39 is 0 Å². The Morgan fingerprint density at radius 3 is 2.85 bits per heavy atom. The average molecular weight is 348 g/mol. The maximum atomic E-state index is 6.05. The molecule has 3 heteroatoms. The van der Waals surface area contributed by atoms with Gasteiger partial charge in [-0.15, -0.1) is 0 Å². The van der Waals surface area contributed by atoms with Crippen LogP contribution in [0.2, 0.25) is 0 Å². The fraction of sp³-hybridized carbons (Fsp3) is 0.391. The van der Waals surface area contributed by atoms with Crippen molar-refractivity contribution in [3.63, 3.8) is 0 Å². The van der Waals surface area contributed by atoms with E-state index in [-0.39, 0.29) is 0 Å². The molecule has 3 nitrogen and oxygen atoms in total. The van der Waals surface area contributed by atoms with Gasteiger partial charge < -0.3 is 15.0 Å². The zero-order valence-corrected chi connectivity index (χ0v) is 15.8. The van der Waals surface area contributed by atoms with Crippen LogP contribution in [0.15, 0.2) is 36.4 Å². The van der Waals surface area contributed by atoms with Crippen LogP contribution >= 0.6 is 0 Å². The monoisotopic (exact) mass is 348 g/mol. The highest BCUT2D eigenvalue weighted by atomic mass is 16.5. The summed E-state index contributed by atoms with van der Waals surface area (Å²) >= 11 is 0. The van der Waals surface area contributed by atoms with E-state index in [1.807, 2.05) is 0 Å². The number of nitrogens with one attached hydrogen (secondary N) is 2. The Morgan fingerprint density at radius 2 is 1.92 bits per heavy atom. The second-order valence-corrected chi connectivity index (χ2v) is 7.39. The first-order valence-corrected chi connectivity index (χ1v) is 9.74. The van der Waals surface area contributed by atoms with Gasteiger partial charge in [0.1, 0.15) is 5.75 Å². The maximum Gasteiger partial charge on any atom is 0.122 e. The summed E-state index contributed by atoms with van der Waals surface area (Å²) in [5, 5.41) is 4.96. The lowest BCUT2D eigenvalue weighted by atomic mass is 9.99. The van der Waals surface area contributed by atoms with Gasteiger partial charge in [0.15, 0.2) is 0 Å². The fourth-order valence-corrected chi connectivity index (χ4v) is 4.01. The molecule has 26 heavy (non-hydrogen) atoms. The molecule has 0 radical (unpaired) electrons. The van der Waals surface area contributed by atoms with E-state index in [1.165, 1.54) is 38.9 Å². The maximum absolute atomic E-state index is 6.05. The SMILES string of the molecule is Cc1ccc(C)c(OCCCc2cccc3[nH]c4c(c23)CCNCC4)c1. The number of H-pyrrole nitrogens is 1.